The van der Waals surface area contributed by atoms with Gasteiger partial charge < -0.3 is 10.1 Å². The number of ether oxygens (including phenoxy) is 1. The van der Waals surface area contributed by atoms with Gasteiger partial charge in [-0.1, -0.05) is 13.0 Å². The lowest BCUT2D eigenvalue weighted by Gasteiger charge is -2.13. The van der Waals surface area contributed by atoms with E-state index < -0.39 is 11.7 Å². The van der Waals surface area contributed by atoms with Crippen LogP contribution in [0, 0.1) is 0 Å². The molecule has 19 heavy (non-hydrogen) atoms. The van der Waals surface area contributed by atoms with E-state index in [4.69, 9.17) is 4.74 Å². The Bertz CT molecular complexity index is 432. The maximum atomic E-state index is 12.4. The molecule has 0 aromatic heterocycles. The van der Waals surface area contributed by atoms with Gasteiger partial charge in [-0.3, -0.25) is 4.79 Å². The first-order valence-corrected chi connectivity index (χ1v) is 5.92. The first kappa shape index (κ1) is 15.3. The number of alkyl halides is 3. The molecule has 0 spiro atoms. The van der Waals surface area contributed by atoms with Crippen LogP contribution >= 0.6 is 0 Å². The van der Waals surface area contributed by atoms with Crippen molar-refractivity contribution in [1.29, 1.82) is 0 Å². The molecule has 1 unspecified atom stereocenters. The summed E-state index contributed by atoms with van der Waals surface area (Å²) in [5.74, 6) is -0.333. The Morgan fingerprint density at radius 2 is 2.11 bits per heavy atom. The van der Waals surface area contributed by atoms with Crippen LogP contribution < -0.4 is 10.1 Å². The molecule has 0 aliphatic rings. The summed E-state index contributed by atoms with van der Waals surface area (Å²) < 4.78 is 42.4. The van der Waals surface area contributed by atoms with Crippen LogP contribution in [0.15, 0.2) is 24.3 Å². The van der Waals surface area contributed by atoms with E-state index in [-0.39, 0.29) is 24.3 Å². The van der Waals surface area contributed by atoms with E-state index in [1.807, 2.05) is 13.8 Å². The van der Waals surface area contributed by atoms with E-state index in [1.54, 1.807) is 0 Å². The largest absolute Gasteiger partial charge is 0.484 e. The maximum absolute atomic E-state index is 12.4. The van der Waals surface area contributed by atoms with E-state index in [9.17, 15) is 18.0 Å². The molecule has 0 heterocycles. The first-order valence-electron chi connectivity index (χ1n) is 5.92. The molecule has 0 aliphatic carbocycles. The van der Waals surface area contributed by atoms with Gasteiger partial charge in [0.25, 0.3) is 5.91 Å². The van der Waals surface area contributed by atoms with E-state index in [0.29, 0.717) is 0 Å². The van der Waals surface area contributed by atoms with Crippen molar-refractivity contribution in [1.82, 2.24) is 5.32 Å². The molecule has 0 saturated carbocycles. The molecular formula is C13H16F3NO2. The smallest absolute Gasteiger partial charge is 0.416 e. The van der Waals surface area contributed by atoms with Crippen LogP contribution in [0.2, 0.25) is 0 Å². The summed E-state index contributed by atoms with van der Waals surface area (Å²) >= 11 is 0. The molecule has 0 aliphatic heterocycles. The zero-order valence-electron chi connectivity index (χ0n) is 10.8. The number of rotatable bonds is 5. The molecule has 6 heteroatoms. The Labute approximate surface area is 109 Å². The molecule has 1 N–H and O–H groups in total. The van der Waals surface area contributed by atoms with Gasteiger partial charge in [0, 0.05) is 6.04 Å². The second-order valence-corrected chi connectivity index (χ2v) is 4.19. The van der Waals surface area contributed by atoms with Crippen LogP contribution in [0.25, 0.3) is 0 Å². The second-order valence-electron chi connectivity index (χ2n) is 4.19. The number of amides is 1. The topological polar surface area (TPSA) is 38.3 Å². The van der Waals surface area contributed by atoms with Crippen molar-refractivity contribution in [3.05, 3.63) is 29.8 Å². The summed E-state index contributed by atoms with van der Waals surface area (Å²) in [6.45, 7) is 3.45. The minimum atomic E-state index is -4.42. The van der Waals surface area contributed by atoms with Gasteiger partial charge in [-0.2, -0.15) is 13.2 Å². The monoisotopic (exact) mass is 275 g/mol. The molecule has 1 amide bonds. The Hall–Kier alpha value is -1.72. The molecule has 0 saturated heterocycles. The fraction of sp³-hybridized carbons (Fsp3) is 0.462. The van der Waals surface area contributed by atoms with Crippen molar-refractivity contribution in [2.75, 3.05) is 6.61 Å². The van der Waals surface area contributed by atoms with E-state index in [0.717, 1.165) is 18.6 Å². The summed E-state index contributed by atoms with van der Waals surface area (Å²) in [5, 5.41) is 2.66. The van der Waals surface area contributed by atoms with Gasteiger partial charge in [-0.15, -0.1) is 0 Å². The van der Waals surface area contributed by atoms with Crippen molar-refractivity contribution < 1.29 is 22.7 Å². The second kappa shape index (κ2) is 6.45. The van der Waals surface area contributed by atoms with Crippen LogP contribution in [0.4, 0.5) is 13.2 Å². The third kappa shape index (κ3) is 5.19. The highest BCUT2D eigenvalue weighted by molar-refractivity contribution is 5.77. The van der Waals surface area contributed by atoms with Crippen molar-refractivity contribution in [3.63, 3.8) is 0 Å². The van der Waals surface area contributed by atoms with Crippen LogP contribution in [0.5, 0.6) is 5.75 Å². The lowest BCUT2D eigenvalue weighted by molar-refractivity contribution is -0.137. The number of nitrogens with one attached hydrogen (secondary N) is 1. The van der Waals surface area contributed by atoms with Gasteiger partial charge in [-0.05, 0) is 31.5 Å². The SMILES string of the molecule is CCC(C)NC(=O)COc1cccc(C(F)(F)F)c1. The molecule has 1 rings (SSSR count). The van der Waals surface area contributed by atoms with Crippen molar-refractivity contribution >= 4 is 5.91 Å². The number of hydrogen-bond donors (Lipinski definition) is 1. The summed E-state index contributed by atoms with van der Waals surface area (Å²) in [6.07, 6.45) is -3.65. The maximum Gasteiger partial charge on any atom is 0.416 e. The molecule has 106 valence electrons. The van der Waals surface area contributed by atoms with Crippen molar-refractivity contribution in [2.45, 2.75) is 32.5 Å². The summed E-state index contributed by atoms with van der Waals surface area (Å²) in [7, 11) is 0. The van der Waals surface area contributed by atoms with Crippen LogP contribution in [0.3, 0.4) is 0 Å². The minimum Gasteiger partial charge on any atom is -0.484 e. The molecule has 0 bridgehead atoms. The molecule has 1 aromatic carbocycles. The quantitative estimate of drug-likeness (QED) is 0.897. The minimum absolute atomic E-state index is 0.0117. The highest BCUT2D eigenvalue weighted by atomic mass is 19.4. The van der Waals surface area contributed by atoms with Gasteiger partial charge in [0.15, 0.2) is 6.61 Å². The predicted molar refractivity (Wildman–Crippen MR) is 64.8 cm³/mol. The Morgan fingerprint density at radius 3 is 2.68 bits per heavy atom. The molecule has 0 fully saturated rings. The molecule has 1 aromatic rings. The number of hydrogen-bond acceptors (Lipinski definition) is 2. The Balaban J connectivity index is 2.56. The Kier molecular flexibility index (Phi) is 5.20. The number of halogens is 3. The van der Waals surface area contributed by atoms with Crippen LogP contribution in [0.1, 0.15) is 25.8 Å². The average Bonchev–Trinajstić information content (AvgIpc) is 2.35. The number of carbonyl (C=O) groups excluding carboxylic acids is 1. The normalized spacial score (nSPS) is 12.9. The third-order valence-corrected chi connectivity index (χ3v) is 2.55. The van der Waals surface area contributed by atoms with Gasteiger partial charge in [0.1, 0.15) is 5.75 Å². The zero-order chi connectivity index (χ0) is 14.5. The van der Waals surface area contributed by atoms with Crippen LogP contribution in [-0.2, 0) is 11.0 Å². The first-order chi connectivity index (χ1) is 8.82. The van der Waals surface area contributed by atoms with Gasteiger partial charge >= 0.3 is 6.18 Å². The number of benzene rings is 1. The highest BCUT2D eigenvalue weighted by Gasteiger charge is 2.30. The van der Waals surface area contributed by atoms with E-state index >= 15 is 0 Å². The fourth-order valence-corrected chi connectivity index (χ4v) is 1.33. The molecular weight excluding hydrogens is 259 g/mol. The molecule has 1 atom stereocenters. The van der Waals surface area contributed by atoms with E-state index in [2.05, 4.69) is 5.32 Å². The predicted octanol–water partition coefficient (Wildman–Crippen LogP) is 3.00. The number of carbonyl (C=O) groups is 1. The van der Waals surface area contributed by atoms with Crippen LogP contribution in [-0.4, -0.2) is 18.6 Å². The summed E-state index contributed by atoms with van der Waals surface area (Å²) in [5.41, 5.74) is -0.799. The molecule has 3 nitrogen and oxygen atoms in total. The molecule has 0 radical (unpaired) electrons. The highest BCUT2D eigenvalue weighted by Crippen LogP contribution is 2.31. The lowest BCUT2D eigenvalue weighted by atomic mass is 10.2. The van der Waals surface area contributed by atoms with Crippen molar-refractivity contribution in [3.8, 4) is 5.75 Å². The van der Waals surface area contributed by atoms with Gasteiger partial charge in [0.05, 0.1) is 5.56 Å². The lowest BCUT2D eigenvalue weighted by Crippen LogP contribution is -2.35. The third-order valence-electron chi connectivity index (χ3n) is 2.55. The van der Waals surface area contributed by atoms with Gasteiger partial charge in [0.2, 0.25) is 0 Å². The fourth-order valence-electron chi connectivity index (χ4n) is 1.33. The van der Waals surface area contributed by atoms with Gasteiger partial charge in [-0.25, -0.2) is 0 Å². The standard InChI is InChI=1S/C13H16F3NO2/c1-3-9(2)17-12(18)8-19-11-6-4-5-10(7-11)13(14,15)16/h4-7,9H,3,8H2,1-2H3,(H,17,18). The summed E-state index contributed by atoms with van der Waals surface area (Å²) in [4.78, 5) is 11.4. The average molecular weight is 275 g/mol. The zero-order valence-corrected chi connectivity index (χ0v) is 10.8. The van der Waals surface area contributed by atoms with Crippen molar-refractivity contribution in [2.24, 2.45) is 0 Å². The summed E-state index contributed by atoms with van der Waals surface area (Å²) in [6, 6.07) is 4.46. The van der Waals surface area contributed by atoms with E-state index in [1.165, 1.54) is 12.1 Å². The Morgan fingerprint density at radius 1 is 1.42 bits per heavy atom.